The van der Waals surface area contributed by atoms with Gasteiger partial charge >= 0.3 is 0 Å². The molecule has 1 aliphatic rings. The molecule has 0 radical (unpaired) electrons. The van der Waals surface area contributed by atoms with Gasteiger partial charge in [0.15, 0.2) is 0 Å². The predicted molar refractivity (Wildman–Crippen MR) is 61.4 cm³/mol. The number of nitrogens with zero attached hydrogens (tertiary/aromatic N) is 2. The molecule has 14 heavy (non-hydrogen) atoms. The summed E-state index contributed by atoms with van der Waals surface area (Å²) in [5, 5.41) is 0. The number of piperidine rings is 1. The number of hydrogen-bond donors (Lipinski definition) is 1. The van der Waals surface area contributed by atoms with Crippen LogP contribution >= 0.6 is 15.9 Å². The monoisotopic (exact) mass is 255 g/mol. The highest BCUT2D eigenvalue weighted by atomic mass is 79.9. The minimum absolute atomic E-state index is 0.308. The van der Waals surface area contributed by atoms with Gasteiger partial charge in [-0.05, 0) is 34.8 Å². The van der Waals surface area contributed by atoms with Crippen molar-refractivity contribution < 1.29 is 0 Å². The molecule has 0 aliphatic carbocycles. The maximum absolute atomic E-state index is 5.93. The predicted octanol–water partition coefficient (Wildman–Crippen LogP) is 1.77. The summed E-state index contributed by atoms with van der Waals surface area (Å²) in [6.45, 7) is 2.03. The highest BCUT2D eigenvalue weighted by Crippen LogP contribution is 2.21. The van der Waals surface area contributed by atoms with Crippen molar-refractivity contribution in [3.63, 3.8) is 0 Å². The minimum Gasteiger partial charge on any atom is -0.369 e. The van der Waals surface area contributed by atoms with Crippen molar-refractivity contribution in [3.8, 4) is 0 Å². The van der Waals surface area contributed by atoms with Crippen LogP contribution in [0, 0.1) is 0 Å². The van der Waals surface area contributed by atoms with Crippen molar-refractivity contribution in [2.45, 2.75) is 18.9 Å². The zero-order valence-corrected chi connectivity index (χ0v) is 9.57. The molecule has 4 heteroatoms. The van der Waals surface area contributed by atoms with E-state index in [-0.39, 0.29) is 0 Å². The smallest absolute Gasteiger partial charge is 0.0564 e. The zero-order chi connectivity index (χ0) is 9.97. The van der Waals surface area contributed by atoms with Crippen LogP contribution in [-0.4, -0.2) is 24.1 Å². The second kappa shape index (κ2) is 4.28. The molecular formula is C10H14BrN3. The van der Waals surface area contributed by atoms with E-state index in [9.17, 15) is 0 Å². The van der Waals surface area contributed by atoms with Gasteiger partial charge < -0.3 is 10.6 Å². The summed E-state index contributed by atoms with van der Waals surface area (Å²) in [4.78, 5) is 6.45. The third kappa shape index (κ3) is 2.25. The molecule has 1 aromatic heterocycles. The number of halogens is 1. The Hall–Kier alpha value is -0.610. The van der Waals surface area contributed by atoms with Crippen LogP contribution in [-0.2, 0) is 0 Å². The number of anilines is 1. The molecule has 0 amide bonds. The number of nitrogens with two attached hydrogens (primary N) is 1. The molecule has 0 bridgehead atoms. The molecule has 1 aromatic rings. The summed E-state index contributed by atoms with van der Waals surface area (Å²) in [5.74, 6) is 0. The molecule has 1 atom stereocenters. The summed E-state index contributed by atoms with van der Waals surface area (Å²) in [7, 11) is 0. The van der Waals surface area contributed by atoms with Gasteiger partial charge in [-0.15, -0.1) is 0 Å². The van der Waals surface area contributed by atoms with E-state index in [2.05, 4.69) is 31.9 Å². The van der Waals surface area contributed by atoms with Crippen molar-refractivity contribution >= 4 is 21.6 Å². The SMILES string of the molecule is N[C@@H]1CCCN(c2cncc(Br)c2)C1. The average Bonchev–Trinajstić information content (AvgIpc) is 2.18. The van der Waals surface area contributed by atoms with Crippen LogP contribution in [0.1, 0.15) is 12.8 Å². The van der Waals surface area contributed by atoms with Crippen molar-refractivity contribution in [1.29, 1.82) is 0 Å². The Labute approximate surface area is 92.4 Å². The first-order chi connectivity index (χ1) is 6.75. The van der Waals surface area contributed by atoms with Gasteiger partial charge in [0.1, 0.15) is 0 Å². The lowest BCUT2D eigenvalue weighted by molar-refractivity contribution is 0.506. The standard InChI is InChI=1S/C10H14BrN3/c11-8-4-10(6-13-5-8)14-3-1-2-9(12)7-14/h4-6,9H,1-3,7,12H2/t9-/m1/s1. The van der Waals surface area contributed by atoms with Crippen molar-refractivity contribution in [1.82, 2.24) is 4.98 Å². The van der Waals surface area contributed by atoms with Crippen LogP contribution in [0.5, 0.6) is 0 Å². The molecule has 2 N–H and O–H groups in total. The van der Waals surface area contributed by atoms with E-state index in [1.54, 1.807) is 6.20 Å². The Kier molecular flexibility index (Phi) is 3.03. The van der Waals surface area contributed by atoms with Gasteiger partial charge in [-0.25, -0.2) is 0 Å². The fraction of sp³-hybridized carbons (Fsp3) is 0.500. The molecule has 1 saturated heterocycles. The molecule has 0 unspecified atom stereocenters. The van der Waals surface area contributed by atoms with Gasteiger partial charge in [0.05, 0.1) is 11.9 Å². The quantitative estimate of drug-likeness (QED) is 0.832. The van der Waals surface area contributed by atoms with Gasteiger partial charge in [-0.1, -0.05) is 0 Å². The van der Waals surface area contributed by atoms with E-state index < -0.39 is 0 Å². The number of hydrogen-bond acceptors (Lipinski definition) is 3. The number of pyridine rings is 1. The van der Waals surface area contributed by atoms with E-state index in [0.29, 0.717) is 6.04 Å². The first-order valence-electron chi connectivity index (χ1n) is 4.87. The van der Waals surface area contributed by atoms with E-state index in [4.69, 9.17) is 5.73 Å². The Morgan fingerprint density at radius 1 is 1.50 bits per heavy atom. The van der Waals surface area contributed by atoms with Gasteiger partial charge in [0.25, 0.3) is 0 Å². The van der Waals surface area contributed by atoms with Gasteiger partial charge in [-0.2, -0.15) is 0 Å². The largest absolute Gasteiger partial charge is 0.369 e. The maximum atomic E-state index is 5.93. The topological polar surface area (TPSA) is 42.1 Å². The molecule has 3 nitrogen and oxygen atoms in total. The highest BCUT2D eigenvalue weighted by molar-refractivity contribution is 9.10. The average molecular weight is 256 g/mol. The zero-order valence-electron chi connectivity index (χ0n) is 7.99. The Morgan fingerprint density at radius 3 is 3.07 bits per heavy atom. The number of rotatable bonds is 1. The molecule has 2 heterocycles. The first kappa shape index (κ1) is 9.93. The Bertz CT molecular complexity index is 316. The molecule has 2 rings (SSSR count). The highest BCUT2D eigenvalue weighted by Gasteiger charge is 2.16. The lowest BCUT2D eigenvalue weighted by atomic mass is 10.1. The lowest BCUT2D eigenvalue weighted by Gasteiger charge is -2.32. The van der Waals surface area contributed by atoms with Crippen LogP contribution in [0.25, 0.3) is 0 Å². The molecule has 0 spiro atoms. The number of aromatic nitrogens is 1. The second-order valence-electron chi connectivity index (χ2n) is 3.71. The van der Waals surface area contributed by atoms with E-state index in [1.165, 1.54) is 6.42 Å². The van der Waals surface area contributed by atoms with Crippen LogP contribution < -0.4 is 10.6 Å². The third-order valence-electron chi connectivity index (χ3n) is 2.51. The molecule has 0 aromatic carbocycles. The van der Waals surface area contributed by atoms with Crippen molar-refractivity contribution in [3.05, 3.63) is 22.9 Å². The normalized spacial score (nSPS) is 22.4. The molecule has 76 valence electrons. The summed E-state index contributed by atoms with van der Waals surface area (Å²) in [6.07, 6.45) is 6.00. The molecule has 0 saturated carbocycles. The minimum atomic E-state index is 0.308. The van der Waals surface area contributed by atoms with Crippen LogP contribution in [0.3, 0.4) is 0 Å². The van der Waals surface area contributed by atoms with Crippen molar-refractivity contribution in [2.75, 3.05) is 18.0 Å². The summed E-state index contributed by atoms with van der Waals surface area (Å²) < 4.78 is 1.02. The summed E-state index contributed by atoms with van der Waals surface area (Å²) in [5.41, 5.74) is 7.09. The van der Waals surface area contributed by atoms with Gasteiger partial charge in [0, 0.05) is 29.8 Å². The maximum Gasteiger partial charge on any atom is 0.0564 e. The fourth-order valence-corrected chi connectivity index (χ4v) is 2.17. The van der Waals surface area contributed by atoms with Crippen LogP contribution in [0.15, 0.2) is 22.9 Å². The summed E-state index contributed by atoms with van der Waals surface area (Å²) >= 11 is 3.42. The Balaban J connectivity index is 2.14. The van der Waals surface area contributed by atoms with E-state index >= 15 is 0 Å². The second-order valence-corrected chi connectivity index (χ2v) is 4.63. The third-order valence-corrected chi connectivity index (χ3v) is 2.95. The summed E-state index contributed by atoms with van der Waals surface area (Å²) in [6, 6.07) is 2.40. The Morgan fingerprint density at radius 2 is 2.36 bits per heavy atom. The van der Waals surface area contributed by atoms with Crippen LogP contribution in [0.4, 0.5) is 5.69 Å². The fourth-order valence-electron chi connectivity index (χ4n) is 1.82. The molecule has 1 fully saturated rings. The molecular weight excluding hydrogens is 242 g/mol. The van der Waals surface area contributed by atoms with Gasteiger partial charge in [0.2, 0.25) is 0 Å². The van der Waals surface area contributed by atoms with E-state index in [0.717, 1.165) is 29.7 Å². The van der Waals surface area contributed by atoms with Gasteiger partial charge in [-0.3, -0.25) is 4.98 Å². The lowest BCUT2D eigenvalue weighted by Crippen LogP contribution is -2.42. The van der Waals surface area contributed by atoms with E-state index in [1.807, 2.05) is 6.20 Å². The molecule has 1 aliphatic heterocycles. The van der Waals surface area contributed by atoms with Crippen LogP contribution in [0.2, 0.25) is 0 Å². The first-order valence-corrected chi connectivity index (χ1v) is 5.66. The van der Waals surface area contributed by atoms with Crippen molar-refractivity contribution in [2.24, 2.45) is 5.73 Å².